The Bertz CT molecular complexity index is 454. The maximum atomic E-state index is 11.7. The minimum Gasteiger partial charge on any atom is -0.494 e. The Morgan fingerprint density at radius 2 is 2.00 bits per heavy atom. The molecule has 0 aliphatic heterocycles. The number of nitrogens with one attached hydrogen (secondary N) is 1. The standard InChI is InChI=1S/C17H25NO3/c1-4-13(3)16(19)12-18-17(20)11-8-14-6-9-15(10-7-14)21-5-2/h6-11,13,16,19H,4-5,12H2,1-3H3,(H,18,20)/b11-8+. The number of hydrogen-bond acceptors (Lipinski definition) is 3. The number of aliphatic hydroxyl groups is 1. The summed E-state index contributed by atoms with van der Waals surface area (Å²) >= 11 is 0. The van der Waals surface area contributed by atoms with Gasteiger partial charge in [-0.3, -0.25) is 4.79 Å². The zero-order chi connectivity index (χ0) is 15.7. The van der Waals surface area contributed by atoms with E-state index in [0.717, 1.165) is 17.7 Å². The van der Waals surface area contributed by atoms with Gasteiger partial charge in [0, 0.05) is 12.6 Å². The lowest BCUT2D eigenvalue weighted by Gasteiger charge is -2.16. The third kappa shape index (κ3) is 6.45. The van der Waals surface area contributed by atoms with Crippen LogP contribution in [0.1, 0.15) is 32.8 Å². The van der Waals surface area contributed by atoms with E-state index in [0.29, 0.717) is 6.61 Å². The summed E-state index contributed by atoms with van der Waals surface area (Å²) in [4.78, 5) is 11.7. The minimum atomic E-state index is -0.502. The second-order valence-corrected chi connectivity index (χ2v) is 5.03. The first-order chi connectivity index (χ1) is 10.1. The highest BCUT2D eigenvalue weighted by atomic mass is 16.5. The Morgan fingerprint density at radius 3 is 2.57 bits per heavy atom. The summed E-state index contributed by atoms with van der Waals surface area (Å²) in [5, 5.41) is 12.5. The van der Waals surface area contributed by atoms with E-state index in [2.05, 4.69) is 5.32 Å². The van der Waals surface area contributed by atoms with Crippen LogP contribution in [-0.2, 0) is 4.79 Å². The van der Waals surface area contributed by atoms with E-state index in [1.54, 1.807) is 6.08 Å². The summed E-state index contributed by atoms with van der Waals surface area (Å²) in [6, 6.07) is 7.52. The van der Waals surface area contributed by atoms with Crippen molar-refractivity contribution in [3.05, 3.63) is 35.9 Å². The molecule has 0 radical (unpaired) electrons. The van der Waals surface area contributed by atoms with E-state index in [9.17, 15) is 9.90 Å². The number of carbonyl (C=O) groups excluding carboxylic acids is 1. The van der Waals surface area contributed by atoms with Crippen molar-refractivity contribution in [1.29, 1.82) is 0 Å². The molecule has 0 aliphatic rings. The normalized spacial score (nSPS) is 13.9. The zero-order valence-corrected chi connectivity index (χ0v) is 13.0. The summed E-state index contributed by atoms with van der Waals surface area (Å²) in [5.74, 6) is 0.794. The van der Waals surface area contributed by atoms with Crippen molar-refractivity contribution in [2.24, 2.45) is 5.92 Å². The van der Waals surface area contributed by atoms with Gasteiger partial charge in [-0.05, 0) is 36.6 Å². The lowest BCUT2D eigenvalue weighted by molar-refractivity contribution is -0.117. The van der Waals surface area contributed by atoms with Gasteiger partial charge in [-0.25, -0.2) is 0 Å². The third-order valence-electron chi connectivity index (χ3n) is 3.40. The molecule has 116 valence electrons. The van der Waals surface area contributed by atoms with Crippen molar-refractivity contribution in [3.63, 3.8) is 0 Å². The largest absolute Gasteiger partial charge is 0.494 e. The van der Waals surface area contributed by atoms with Crippen molar-refractivity contribution < 1.29 is 14.6 Å². The van der Waals surface area contributed by atoms with Crippen molar-refractivity contribution in [1.82, 2.24) is 5.32 Å². The molecule has 1 aromatic carbocycles. The zero-order valence-electron chi connectivity index (χ0n) is 13.0. The number of aliphatic hydroxyl groups excluding tert-OH is 1. The molecular weight excluding hydrogens is 266 g/mol. The van der Waals surface area contributed by atoms with E-state index in [1.807, 2.05) is 45.0 Å². The van der Waals surface area contributed by atoms with Gasteiger partial charge in [0.05, 0.1) is 12.7 Å². The predicted molar refractivity (Wildman–Crippen MR) is 85.1 cm³/mol. The Balaban J connectivity index is 2.43. The maximum absolute atomic E-state index is 11.7. The first kappa shape index (κ1) is 17.2. The van der Waals surface area contributed by atoms with Crippen LogP contribution in [0, 0.1) is 5.92 Å². The molecule has 2 N–H and O–H groups in total. The lowest BCUT2D eigenvalue weighted by atomic mass is 10.0. The molecule has 2 atom stereocenters. The Kier molecular flexibility index (Phi) is 7.54. The fourth-order valence-electron chi connectivity index (χ4n) is 1.75. The van der Waals surface area contributed by atoms with Gasteiger partial charge in [0.15, 0.2) is 0 Å². The molecule has 0 aromatic heterocycles. The van der Waals surface area contributed by atoms with E-state index in [4.69, 9.17) is 4.74 Å². The topological polar surface area (TPSA) is 58.6 Å². The molecule has 0 aliphatic carbocycles. The fraction of sp³-hybridized carbons (Fsp3) is 0.471. The average molecular weight is 291 g/mol. The van der Waals surface area contributed by atoms with Gasteiger partial charge in [-0.2, -0.15) is 0 Å². The molecule has 1 aromatic rings. The summed E-state index contributed by atoms with van der Waals surface area (Å²) < 4.78 is 5.35. The molecule has 1 rings (SSSR count). The Morgan fingerprint density at radius 1 is 1.33 bits per heavy atom. The molecule has 0 heterocycles. The highest BCUT2D eigenvalue weighted by Gasteiger charge is 2.12. The second-order valence-electron chi connectivity index (χ2n) is 5.03. The van der Waals surface area contributed by atoms with Gasteiger partial charge in [0.1, 0.15) is 5.75 Å². The van der Waals surface area contributed by atoms with E-state index >= 15 is 0 Å². The second kappa shape index (κ2) is 9.19. The van der Waals surface area contributed by atoms with Gasteiger partial charge in [-0.15, -0.1) is 0 Å². The highest BCUT2D eigenvalue weighted by molar-refractivity contribution is 5.91. The van der Waals surface area contributed by atoms with Crippen LogP contribution in [-0.4, -0.2) is 30.3 Å². The SMILES string of the molecule is CCOc1ccc(/C=C/C(=O)NCC(O)C(C)CC)cc1. The van der Waals surface area contributed by atoms with Crippen molar-refractivity contribution in [3.8, 4) is 5.75 Å². The van der Waals surface area contributed by atoms with Crippen molar-refractivity contribution >= 4 is 12.0 Å². The number of ether oxygens (including phenoxy) is 1. The molecule has 4 heteroatoms. The number of benzene rings is 1. The molecule has 0 saturated heterocycles. The van der Waals surface area contributed by atoms with Gasteiger partial charge in [-0.1, -0.05) is 32.4 Å². The van der Waals surface area contributed by atoms with E-state index in [1.165, 1.54) is 6.08 Å². The average Bonchev–Trinajstić information content (AvgIpc) is 2.51. The van der Waals surface area contributed by atoms with Gasteiger partial charge in [0.2, 0.25) is 5.91 Å². The van der Waals surface area contributed by atoms with Crippen molar-refractivity contribution in [2.75, 3.05) is 13.2 Å². The first-order valence-corrected chi connectivity index (χ1v) is 7.43. The molecule has 1 amide bonds. The van der Waals surface area contributed by atoms with Crippen LogP contribution in [0.5, 0.6) is 5.75 Å². The number of hydrogen-bond donors (Lipinski definition) is 2. The van der Waals surface area contributed by atoms with Gasteiger partial charge in [0.25, 0.3) is 0 Å². The molecular formula is C17H25NO3. The quantitative estimate of drug-likeness (QED) is 0.724. The van der Waals surface area contributed by atoms with Crippen LogP contribution in [0.4, 0.5) is 0 Å². The first-order valence-electron chi connectivity index (χ1n) is 7.43. The monoisotopic (exact) mass is 291 g/mol. The third-order valence-corrected chi connectivity index (χ3v) is 3.40. The number of amides is 1. The molecule has 0 saturated carbocycles. The highest BCUT2D eigenvalue weighted by Crippen LogP contribution is 2.13. The predicted octanol–water partition coefficient (Wildman–Crippen LogP) is 2.62. The molecule has 0 spiro atoms. The maximum Gasteiger partial charge on any atom is 0.244 e. The van der Waals surface area contributed by atoms with E-state index in [-0.39, 0.29) is 18.4 Å². The van der Waals surface area contributed by atoms with Crippen LogP contribution in [0.15, 0.2) is 30.3 Å². The summed E-state index contributed by atoms with van der Waals surface area (Å²) in [6.45, 7) is 6.83. The molecule has 2 unspecified atom stereocenters. The van der Waals surface area contributed by atoms with Crippen LogP contribution in [0.2, 0.25) is 0 Å². The van der Waals surface area contributed by atoms with Crippen LogP contribution in [0.3, 0.4) is 0 Å². The molecule has 0 bridgehead atoms. The number of rotatable bonds is 8. The number of carbonyl (C=O) groups is 1. The van der Waals surface area contributed by atoms with Crippen LogP contribution < -0.4 is 10.1 Å². The summed E-state index contributed by atoms with van der Waals surface area (Å²) in [5.41, 5.74) is 0.927. The Labute approximate surface area is 126 Å². The summed E-state index contributed by atoms with van der Waals surface area (Å²) in [6.07, 6.45) is 3.59. The van der Waals surface area contributed by atoms with Gasteiger partial charge < -0.3 is 15.2 Å². The smallest absolute Gasteiger partial charge is 0.244 e. The fourth-order valence-corrected chi connectivity index (χ4v) is 1.75. The van der Waals surface area contributed by atoms with Crippen LogP contribution >= 0.6 is 0 Å². The summed E-state index contributed by atoms with van der Waals surface area (Å²) in [7, 11) is 0. The van der Waals surface area contributed by atoms with E-state index < -0.39 is 6.10 Å². The molecule has 21 heavy (non-hydrogen) atoms. The minimum absolute atomic E-state index is 0.181. The van der Waals surface area contributed by atoms with Crippen molar-refractivity contribution in [2.45, 2.75) is 33.3 Å². The lowest BCUT2D eigenvalue weighted by Crippen LogP contribution is -2.34. The Hall–Kier alpha value is -1.81. The molecule has 4 nitrogen and oxygen atoms in total. The molecule has 0 fully saturated rings. The van der Waals surface area contributed by atoms with Crippen LogP contribution in [0.25, 0.3) is 6.08 Å². The van der Waals surface area contributed by atoms with Gasteiger partial charge >= 0.3 is 0 Å².